The first-order chi connectivity index (χ1) is 7.33. The molecule has 0 spiro atoms. The first kappa shape index (κ1) is 10.7. The van der Waals surface area contributed by atoms with Gasteiger partial charge in [0.15, 0.2) is 0 Å². The maximum absolute atomic E-state index is 2.53. The molecule has 2 atom stereocenters. The number of allylic oxidation sites excluding steroid dienone is 2. The van der Waals surface area contributed by atoms with Gasteiger partial charge in [-0.1, -0.05) is 61.0 Å². The minimum Gasteiger partial charge on any atom is -0.0881 e. The van der Waals surface area contributed by atoms with Gasteiger partial charge in [-0.05, 0) is 24.4 Å². The highest BCUT2D eigenvalue weighted by Crippen LogP contribution is 2.36. The van der Waals surface area contributed by atoms with Crippen molar-refractivity contribution in [1.82, 2.24) is 0 Å². The molecular formula is C14H20Si. The van der Waals surface area contributed by atoms with Crippen LogP contribution in [0.25, 0.3) is 0 Å². The highest BCUT2D eigenvalue weighted by atomic mass is 28.3. The van der Waals surface area contributed by atoms with Gasteiger partial charge in [-0.2, -0.15) is 0 Å². The SMILES string of the molecule is CC=C1CCC[SiH](C)C1c1ccccc1. The maximum atomic E-state index is 2.53. The highest BCUT2D eigenvalue weighted by Gasteiger charge is 2.27. The molecule has 1 heteroatoms. The Balaban J connectivity index is 2.32. The molecule has 0 amide bonds. The van der Waals surface area contributed by atoms with Crippen LogP contribution in [0.15, 0.2) is 42.0 Å². The molecule has 1 aliphatic heterocycles. The first-order valence-corrected chi connectivity index (χ1v) is 8.66. The molecule has 0 nitrogen and oxygen atoms in total. The normalized spacial score (nSPS) is 29.3. The maximum Gasteiger partial charge on any atom is 0.0470 e. The lowest BCUT2D eigenvalue weighted by molar-refractivity contribution is 0.790. The molecular weight excluding hydrogens is 196 g/mol. The third kappa shape index (κ3) is 2.23. The summed E-state index contributed by atoms with van der Waals surface area (Å²) in [6.07, 6.45) is 5.12. The smallest absolute Gasteiger partial charge is 0.0470 e. The molecule has 0 aromatic heterocycles. The van der Waals surface area contributed by atoms with Crippen LogP contribution < -0.4 is 0 Å². The van der Waals surface area contributed by atoms with Crippen LogP contribution in [0.3, 0.4) is 0 Å². The molecule has 15 heavy (non-hydrogen) atoms. The molecule has 0 N–H and O–H groups in total. The summed E-state index contributed by atoms with van der Waals surface area (Å²) >= 11 is 0. The van der Waals surface area contributed by atoms with Crippen LogP contribution >= 0.6 is 0 Å². The lowest BCUT2D eigenvalue weighted by Crippen LogP contribution is -2.25. The highest BCUT2D eigenvalue weighted by molar-refractivity contribution is 6.60. The molecule has 1 aliphatic rings. The number of rotatable bonds is 1. The average Bonchev–Trinajstić information content (AvgIpc) is 2.29. The van der Waals surface area contributed by atoms with Crippen molar-refractivity contribution >= 4 is 8.80 Å². The molecule has 0 radical (unpaired) electrons. The van der Waals surface area contributed by atoms with E-state index in [0.717, 1.165) is 5.54 Å². The fourth-order valence-electron chi connectivity index (χ4n) is 2.84. The Morgan fingerprint density at radius 2 is 2.00 bits per heavy atom. The fourth-order valence-corrected chi connectivity index (χ4v) is 5.99. The van der Waals surface area contributed by atoms with Crippen molar-refractivity contribution in [2.75, 3.05) is 0 Å². The van der Waals surface area contributed by atoms with Crippen molar-refractivity contribution in [3.63, 3.8) is 0 Å². The molecule has 80 valence electrons. The van der Waals surface area contributed by atoms with Gasteiger partial charge in [0.1, 0.15) is 0 Å². The van der Waals surface area contributed by atoms with Crippen LogP contribution in [-0.4, -0.2) is 8.80 Å². The van der Waals surface area contributed by atoms with E-state index in [1.807, 2.05) is 0 Å². The summed E-state index contributed by atoms with van der Waals surface area (Å²) in [5, 5.41) is 0. The van der Waals surface area contributed by atoms with Crippen LogP contribution in [-0.2, 0) is 0 Å². The molecule has 1 aromatic carbocycles. The van der Waals surface area contributed by atoms with E-state index in [-0.39, 0.29) is 0 Å². The predicted molar refractivity (Wildman–Crippen MR) is 70.0 cm³/mol. The van der Waals surface area contributed by atoms with E-state index in [2.05, 4.69) is 49.9 Å². The second kappa shape index (κ2) is 4.80. The van der Waals surface area contributed by atoms with Crippen molar-refractivity contribution < 1.29 is 0 Å². The van der Waals surface area contributed by atoms with Crippen LogP contribution in [0.4, 0.5) is 0 Å². The Morgan fingerprint density at radius 1 is 1.27 bits per heavy atom. The van der Waals surface area contributed by atoms with Gasteiger partial charge in [0.2, 0.25) is 0 Å². The van der Waals surface area contributed by atoms with Crippen LogP contribution in [0.2, 0.25) is 12.6 Å². The van der Waals surface area contributed by atoms with Crippen LogP contribution in [0.5, 0.6) is 0 Å². The fraction of sp³-hybridized carbons (Fsp3) is 0.429. The second-order valence-corrected chi connectivity index (χ2v) is 7.82. The van der Waals surface area contributed by atoms with Crippen molar-refractivity contribution in [3.05, 3.63) is 47.5 Å². The zero-order valence-corrected chi connectivity index (χ0v) is 10.9. The molecule has 2 rings (SSSR count). The van der Waals surface area contributed by atoms with Gasteiger partial charge in [-0.3, -0.25) is 0 Å². The third-order valence-corrected chi connectivity index (χ3v) is 6.89. The third-order valence-electron chi connectivity index (χ3n) is 3.62. The first-order valence-electron chi connectivity index (χ1n) is 6.03. The summed E-state index contributed by atoms with van der Waals surface area (Å²) in [7, 11) is -0.580. The van der Waals surface area contributed by atoms with Crippen molar-refractivity contribution in [3.8, 4) is 0 Å². The Labute approximate surface area is 94.6 Å². The summed E-state index contributed by atoms with van der Waals surface area (Å²) in [6.45, 7) is 4.73. The van der Waals surface area contributed by atoms with E-state index in [4.69, 9.17) is 0 Å². The summed E-state index contributed by atoms with van der Waals surface area (Å²) in [4.78, 5) is 0. The summed E-state index contributed by atoms with van der Waals surface area (Å²) < 4.78 is 0. The Morgan fingerprint density at radius 3 is 2.67 bits per heavy atom. The second-order valence-electron chi connectivity index (χ2n) is 4.62. The molecule has 1 heterocycles. The lowest BCUT2D eigenvalue weighted by atomic mass is 10.00. The topological polar surface area (TPSA) is 0 Å². The summed E-state index contributed by atoms with van der Waals surface area (Å²) in [5.74, 6) is 0. The predicted octanol–water partition coefficient (Wildman–Crippen LogP) is 3.91. The Kier molecular flexibility index (Phi) is 3.42. The zero-order valence-electron chi connectivity index (χ0n) is 9.74. The largest absolute Gasteiger partial charge is 0.0881 e. The van der Waals surface area contributed by atoms with E-state index < -0.39 is 8.80 Å². The van der Waals surface area contributed by atoms with E-state index in [0.29, 0.717) is 0 Å². The summed E-state index contributed by atoms with van der Waals surface area (Å²) in [6, 6.07) is 12.6. The van der Waals surface area contributed by atoms with Crippen LogP contribution in [0.1, 0.15) is 30.9 Å². The van der Waals surface area contributed by atoms with Gasteiger partial charge in [0.05, 0.1) is 0 Å². The molecule has 1 aromatic rings. The molecule has 1 saturated heterocycles. The van der Waals surface area contributed by atoms with E-state index in [1.165, 1.54) is 18.9 Å². The quantitative estimate of drug-likeness (QED) is 0.493. The molecule has 2 unspecified atom stereocenters. The number of benzene rings is 1. The van der Waals surface area contributed by atoms with E-state index in [9.17, 15) is 0 Å². The summed E-state index contributed by atoms with van der Waals surface area (Å²) in [5.41, 5.74) is 4.07. The van der Waals surface area contributed by atoms with Crippen molar-refractivity contribution in [1.29, 1.82) is 0 Å². The average molecular weight is 216 g/mol. The van der Waals surface area contributed by atoms with Crippen molar-refractivity contribution in [2.45, 2.75) is 37.9 Å². The lowest BCUT2D eigenvalue weighted by Gasteiger charge is -2.31. The standard InChI is InChI=1S/C14H20Si/c1-3-12-10-7-11-15(2)14(12)13-8-5-4-6-9-13/h3-6,8-9,14-15H,7,10-11H2,1-2H3. The Hall–Kier alpha value is -0.823. The molecule has 0 bridgehead atoms. The van der Waals surface area contributed by atoms with Gasteiger partial charge in [0, 0.05) is 8.80 Å². The molecule has 1 fully saturated rings. The van der Waals surface area contributed by atoms with Gasteiger partial charge in [-0.15, -0.1) is 0 Å². The van der Waals surface area contributed by atoms with E-state index >= 15 is 0 Å². The number of hydrogen-bond acceptors (Lipinski definition) is 0. The number of hydrogen-bond donors (Lipinski definition) is 0. The van der Waals surface area contributed by atoms with Gasteiger partial charge in [0.25, 0.3) is 0 Å². The van der Waals surface area contributed by atoms with Gasteiger partial charge in [-0.25, -0.2) is 0 Å². The molecule has 0 aliphatic carbocycles. The van der Waals surface area contributed by atoms with Crippen LogP contribution in [0, 0.1) is 0 Å². The monoisotopic (exact) mass is 216 g/mol. The minimum absolute atomic E-state index is 0.580. The van der Waals surface area contributed by atoms with Gasteiger partial charge < -0.3 is 0 Å². The van der Waals surface area contributed by atoms with Gasteiger partial charge >= 0.3 is 0 Å². The van der Waals surface area contributed by atoms with Crippen molar-refractivity contribution in [2.24, 2.45) is 0 Å². The zero-order chi connectivity index (χ0) is 10.7. The van der Waals surface area contributed by atoms with E-state index in [1.54, 1.807) is 11.1 Å². The minimum atomic E-state index is -0.580. The Bertz CT molecular complexity index is 340. The molecule has 0 saturated carbocycles.